The summed E-state index contributed by atoms with van der Waals surface area (Å²) < 4.78 is 29.1. The van der Waals surface area contributed by atoms with Gasteiger partial charge >= 0.3 is 0 Å². The van der Waals surface area contributed by atoms with Crippen molar-refractivity contribution in [1.82, 2.24) is 4.72 Å². The highest BCUT2D eigenvalue weighted by atomic mass is 32.2. The predicted octanol–water partition coefficient (Wildman–Crippen LogP) is 4.66. The van der Waals surface area contributed by atoms with Gasteiger partial charge in [-0.25, -0.2) is 13.1 Å². The molecule has 0 fully saturated rings. The Balaban J connectivity index is 2.52. The first-order valence-corrected chi connectivity index (χ1v) is 9.83. The zero-order valence-electron chi connectivity index (χ0n) is 15.4. The van der Waals surface area contributed by atoms with E-state index in [1.807, 2.05) is 71.9 Å². The van der Waals surface area contributed by atoms with Gasteiger partial charge in [0.15, 0.2) is 0 Å². The van der Waals surface area contributed by atoms with Gasteiger partial charge in [0.2, 0.25) is 10.0 Å². The molecule has 0 aromatic heterocycles. The maximum absolute atomic E-state index is 13.1. The Morgan fingerprint density at radius 3 is 1.75 bits per heavy atom. The molecule has 0 spiro atoms. The molecule has 2 aromatic rings. The number of hydrogen-bond acceptors (Lipinski definition) is 2. The average molecular weight is 346 g/mol. The van der Waals surface area contributed by atoms with Crippen LogP contribution in [0.4, 0.5) is 0 Å². The summed E-state index contributed by atoms with van der Waals surface area (Å²) in [5.74, 6) is 0. The third-order valence-electron chi connectivity index (χ3n) is 5.11. The SMILES string of the molecule is CCC(NS(=O)(=O)c1c(C)c(C)c(C)c(C)c1C)c1ccccc1. The Kier molecular flexibility index (Phi) is 5.51. The van der Waals surface area contributed by atoms with Gasteiger partial charge in [-0.05, 0) is 74.4 Å². The van der Waals surface area contributed by atoms with Crippen molar-refractivity contribution in [3.63, 3.8) is 0 Å². The van der Waals surface area contributed by atoms with Crippen LogP contribution in [0.2, 0.25) is 0 Å². The molecule has 1 atom stereocenters. The van der Waals surface area contributed by atoms with Crippen LogP contribution in [0.5, 0.6) is 0 Å². The highest BCUT2D eigenvalue weighted by Crippen LogP contribution is 2.30. The minimum atomic E-state index is -3.59. The van der Waals surface area contributed by atoms with E-state index in [-0.39, 0.29) is 6.04 Å². The molecule has 0 bridgehead atoms. The van der Waals surface area contributed by atoms with Crippen molar-refractivity contribution in [3.05, 3.63) is 63.7 Å². The van der Waals surface area contributed by atoms with Crippen LogP contribution >= 0.6 is 0 Å². The van der Waals surface area contributed by atoms with Gasteiger partial charge in [0, 0.05) is 6.04 Å². The molecule has 130 valence electrons. The molecule has 0 aliphatic heterocycles. The van der Waals surface area contributed by atoms with Gasteiger partial charge in [0.05, 0.1) is 4.90 Å². The predicted molar refractivity (Wildman–Crippen MR) is 99.9 cm³/mol. The molecule has 0 amide bonds. The van der Waals surface area contributed by atoms with Crippen molar-refractivity contribution in [3.8, 4) is 0 Å². The zero-order chi connectivity index (χ0) is 18.1. The van der Waals surface area contributed by atoms with E-state index in [1.54, 1.807) is 0 Å². The molecule has 0 saturated carbocycles. The van der Waals surface area contributed by atoms with Crippen molar-refractivity contribution in [2.45, 2.75) is 58.9 Å². The zero-order valence-corrected chi connectivity index (χ0v) is 16.2. The highest BCUT2D eigenvalue weighted by Gasteiger charge is 2.26. The molecule has 2 aromatic carbocycles. The maximum Gasteiger partial charge on any atom is 0.241 e. The molecule has 0 aliphatic carbocycles. The maximum atomic E-state index is 13.1. The lowest BCUT2D eigenvalue weighted by molar-refractivity contribution is 0.548. The number of rotatable bonds is 5. The molecule has 1 unspecified atom stereocenters. The minimum absolute atomic E-state index is 0.225. The fraction of sp³-hybridized carbons (Fsp3) is 0.400. The van der Waals surface area contributed by atoms with E-state index in [4.69, 9.17) is 0 Å². The Hall–Kier alpha value is -1.65. The molecule has 0 heterocycles. The Bertz CT molecular complexity index is 811. The van der Waals surface area contributed by atoms with Crippen molar-refractivity contribution in [2.24, 2.45) is 0 Å². The smallest absolute Gasteiger partial charge is 0.207 e. The quantitative estimate of drug-likeness (QED) is 0.857. The second-order valence-corrected chi connectivity index (χ2v) is 8.10. The van der Waals surface area contributed by atoms with E-state index >= 15 is 0 Å². The van der Waals surface area contributed by atoms with Crippen molar-refractivity contribution in [1.29, 1.82) is 0 Å². The molecule has 0 aliphatic rings. The van der Waals surface area contributed by atoms with Crippen LogP contribution in [0.15, 0.2) is 35.2 Å². The third-order valence-corrected chi connectivity index (χ3v) is 6.85. The van der Waals surface area contributed by atoms with Crippen molar-refractivity contribution >= 4 is 10.0 Å². The number of benzene rings is 2. The minimum Gasteiger partial charge on any atom is -0.207 e. The molecule has 2 rings (SSSR count). The average Bonchev–Trinajstić information content (AvgIpc) is 2.57. The van der Waals surface area contributed by atoms with Gasteiger partial charge in [-0.15, -0.1) is 0 Å². The van der Waals surface area contributed by atoms with Crippen LogP contribution in [-0.2, 0) is 10.0 Å². The highest BCUT2D eigenvalue weighted by molar-refractivity contribution is 7.89. The van der Waals surface area contributed by atoms with Crippen LogP contribution in [-0.4, -0.2) is 8.42 Å². The van der Waals surface area contributed by atoms with Crippen LogP contribution in [0.3, 0.4) is 0 Å². The Morgan fingerprint density at radius 1 is 0.833 bits per heavy atom. The lowest BCUT2D eigenvalue weighted by Crippen LogP contribution is -2.30. The molecule has 3 nitrogen and oxygen atoms in total. The van der Waals surface area contributed by atoms with Crippen LogP contribution in [0, 0.1) is 34.6 Å². The van der Waals surface area contributed by atoms with Gasteiger partial charge in [0.25, 0.3) is 0 Å². The topological polar surface area (TPSA) is 46.2 Å². The van der Waals surface area contributed by atoms with E-state index in [0.29, 0.717) is 11.3 Å². The first-order chi connectivity index (χ1) is 11.2. The summed E-state index contributed by atoms with van der Waals surface area (Å²) >= 11 is 0. The van der Waals surface area contributed by atoms with Gasteiger partial charge in [-0.1, -0.05) is 37.3 Å². The number of nitrogens with one attached hydrogen (secondary N) is 1. The largest absolute Gasteiger partial charge is 0.241 e. The first kappa shape index (κ1) is 18.7. The molecule has 24 heavy (non-hydrogen) atoms. The van der Waals surface area contributed by atoms with Gasteiger partial charge in [0.1, 0.15) is 0 Å². The number of hydrogen-bond donors (Lipinski definition) is 1. The van der Waals surface area contributed by atoms with E-state index in [2.05, 4.69) is 4.72 Å². The standard InChI is InChI=1S/C20H27NO2S/c1-7-19(18-11-9-8-10-12-18)21-24(22,23)20-16(5)14(3)13(2)15(4)17(20)6/h8-12,19,21H,7H2,1-6H3. The normalized spacial score (nSPS) is 13.1. The molecule has 4 heteroatoms. The molecule has 1 N–H and O–H groups in total. The second kappa shape index (κ2) is 7.08. The number of sulfonamides is 1. The van der Waals surface area contributed by atoms with Gasteiger partial charge in [-0.2, -0.15) is 0 Å². The van der Waals surface area contributed by atoms with E-state index < -0.39 is 10.0 Å². The van der Waals surface area contributed by atoms with E-state index in [1.165, 1.54) is 5.56 Å². The summed E-state index contributed by atoms with van der Waals surface area (Å²) in [6.07, 6.45) is 0.700. The monoisotopic (exact) mass is 345 g/mol. The molecular weight excluding hydrogens is 318 g/mol. The summed E-state index contributed by atoms with van der Waals surface area (Å²) in [4.78, 5) is 0.428. The van der Waals surface area contributed by atoms with Crippen molar-refractivity contribution < 1.29 is 8.42 Å². The van der Waals surface area contributed by atoms with Crippen LogP contribution < -0.4 is 4.72 Å². The Morgan fingerprint density at radius 2 is 1.29 bits per heavy atom. The fourth-order valence-corrected chi connectivity index (χ4v) is 5.09. The first-order valence-electron chi connectivity index (χ1n) is 8.34. The van der Waals surface area contributed by atoms with E-state index in [9.17, 15) is 8.42 Å². The summed E-state index contributed by atoms with van der Waals surface area (Å²) in [5.41, 5.74) is 5.92. The Labute approximate surface area is 146 Å². The summed E-state index contributed by atoms with van der Waals surface area (Å²) in [5, 5.41) is 0. The second-order valence-electron chi connectivity index (χ2n) is 6.45. The van der Waals surface area contributed by atoms with Gasteiger partial charge in [-0.3, -0.25) is 0 Å². The van der Waals surface area contributed by atoms with Crippen LogP contribution in [0.25, 0.3) is 0 Å². The van der Waals surface area contributed by atoms with Crippen molar-refractivity contribution in [2.75, 3.05) is 0 Å². The summed E-state index contributed by atoms with van der Waals surface area (Å²) in [6.45, 7) is 11.8. The van der Waals surface area contributed by atoms with E-state index in [0.717, 1.165) is 27.8 Å². The lowest BCUT2D eigenvalue weighted by Gasteiger charge is -2.22. The summed E-state index contributed by atoms with van der Waals surface area (Å²) in [6, 6.07) is 9.50. The fourth-order valence-electron chi connectivity index (χ4n) is 3.19. The third kappa shape index (κ3) is 3.40. The summed E-state index contributed by atoms with van der Waals surface area (Å²) in [7, 11) is -3.59. The molecule has 0 radical (unpaired) electrons. The molecular formula is C20H27NO2S. The van der Waals surface area contributed by atoms with Gasteiger partial charge < -0.3 is 0 Å². The van der Waals surface area contributed by atoms with Crippen LogP contribution in [0.1, 0.15) is 52.8 Å². The molecule has 0 saturated heterocycles. The lowest BCUT2D eigenvalue weighted by atomic mass is 9.95.